The molecule has 21 heavy (non-hydrogen) atoms. The van der Waals surface area contributed by atoms with Crippen LogP contribution in [0.5, 0.6) is 0 Å². The summed E-state index contributed by atoms with van der Waals surface area (Å²) >= 11 is 1.53. The summed E-state index contributed by atoms with van der Waals surface area (Å²) in [7, 11) is 0. The number of carboxylic acid groups (broad SMARTS) is 1. The molecule has 1 atom stereocenters. The highest BCUT2D eigenvalue weighted by molar-refractivity contribution is 7.09. The number of aliphatic carboxylic acids is 1. The van der Waals surface area contributed by atoms with Gasteiger partial charge in [0.1, 0.15) is 5.69 Å². The molecule has 5 nitrogen and oxygen atoms in total. The zero-order valence-electron chi connectivity index (χ0n) is 12.5. The Bertz CT molecular complexity index is 513. The van der Waals surface area contributed by atoms with Crippen molar-refractivity contribution in [3.63, 3.8) is 0 Å². The predicted octanol–water partition coefficient (Wildman–Crippen LogP) is 2.98. The molecule has 0 saturated carbocycles. The summed E-state index contributed by atoms with van der Waals surface area (Å²) in [4.78, 5) is 29.4. The molecule has 1 amide bonds. The van der Waals surface area contributed by atoms with Crippen molar-refractivity contribution in [1.29, 1.82) is 0 Å². The third kappa shape index (κ3) is 4.27. The maximum atomic E-state index is 12.5. The summed E-state index contributed by atoms with van der Waals surface area (Å²) in [5.74, 6) is -0.152. The standard InChI is InChI=1S/C15H22N2O3S/c1-10(2)14-16-12(9-21-14)15(20)17-7-3-4-11(8-17)5-6-13(18)19/h9-11H,3-8H2,1-2H3,(H,18,19). The van der Waals surface area contributed by atoms with E-state index in [-0.39, 0.29) is 12.3 Å². The van der Waals surface area contributed by atoms with E-state index >= 15 is 0 Å². The summed E-state index contributed by atoms with van der Waals surface area (Å²) in [6.45, 7) is 5.53. The van der Waals surface area contributed by atoms with Gasteiger partial charge in [-0.25, -0.2) is 4.98 Å². The molecule has 1 aliphatic rings. The Morgan fingerprint density at radius 2 is 2.29 bits per heavy atom. The highest BCUT2D eigenvalue weighted by Crippen LogP contribution is 2.24. The van der Waals surface area contributed by atoms with Gasteiger partial charge in [0.15, 0.2) is 0 Å². The van der Waals surface area contributed by atoms with Crippen LogP contribution < -0.4 is 0 Å². The Morgan fingerprint density at radius 1 is 1.52 bits per heavy atom. The van der Waals surface area contributed by atoms with Gasteiger partial charge >= 0.3 is 5.97 Å². The second kappa shape index (κ2) is 7.02. The maximum Gasteiger partial charge on any atom is 0.303 e. The predicted molar refractivity (Wildman–Crippen MR) is 81.7 cm³/mol. The lowest BCUT2D eigenvalue weighted by Crippen LogP contribution is -2.40. The monoisotopic (exact) mass is 310 g/mol. The quantitative estimate of drug-likeness (QED) is 0.907. The van der Waals surface area contributed by atoms with E-state index in [4.69, 9.17) is 5.11 Å². The SMILES string of the molecule is CC(C)c1nc(C(=O)N2CCCC(CCC(=O)O)C2)cs1. The van der Waals surface area contributed by atoms with Gasteiger partial charge in [-0.05, 0) is 25.2 Å². The fourth-order valence-electron chi connectivity index (χ4n) is 2.63. The van der Waals surface area contributed by atoms with E-state index in [2.05, 4.69) is 18.8 Å². The third-order valence-corrected chi connectivity index (χ3v) is 4.95. The molecule has 1 aromatic rings. The van der Waals surface area contributed by atoms with E-state index in [1.54, 1.807) is 0 Å². The van der Waals surface area contributed by atoms with Gasteiger partial charge in [-0.15, -0.1) is 11.3 Å². The summed E-state index contributed by atoms with van der Waals surface area (Å²) in [5, 5.41) is 11.6. The van der Waals surface area contributed by atoms with Crippen molar-refractivity contribution in [3.8, 4) is 0 Å². The Kier molecular flexibility index (Phi) is 5.33. The fraction of sp³-hybridized carbons (Fsp3) is 0.667. The zero-order valence-corrected chi connectivity index (χ0v) is 13.4. The molecule has 1 aliphatic heterocycles. The first-order valence-corrected chi connectivity index (χ1v) is 8.31. The molecule has 1 unspecified atom stereocenters. The normalized spacial score (nSPS) is 19.0. The minimum atomic E-state index is -0.764. The molecule has 0 bridgehead atoms. The number of carbonyl (C=O) groups excluding carboxylic acids is 1. The number of aromatic nitrogens is 1. The highest BCUT2D eigenvalue weighted by Gasteiger charge is 2.26. The van der Waals surface area contributed by atoms with Crippen LogP contribution in [0.1, 0.15) is 60.9 Å². The Morgan fingerprint density at radius 3 is 2.90 bits per heavy atom. The molecule has 1 N–H and O–H groups in total. The largest absolute Gasteiger partial charge is 0.481 e. The Labute approximate surface area is 129 Å². The molecular weight excluding hydrogens is 288 g/mol. The lowest BCUT2D eigenvalue weighted by molar-refractivity contribution is -0.137. The van der Waals surface area contributed by atoms with Crippen LogP contribution in [-0.2, 0) is 4.79 Å². The van der Waals surface area contributed by atoms with E-state index in [0.29, 0.717) is 30.5 Å². The Balaban J connectivity index is 1.96. The molecule has 0 spiro atoms. The van der Waals surface area contributed by atoms with Gasteiger partial charge in [-0.2, -0.15) is 0 Å². The molecule has 0 aliphatic carbocycles. The fourth-order valence-corrected chi connectivity index (χ4v) is 3.43. The second-order valence-corrected chi connectivity index (χ2v) is 6.81. The molecule has 1 aromatic heterocycles. The molecule has 1 saturated heterocycles. The smallest absolute Gasteiger partial charge is 0.303 e. The van der Waals surface area contributed by atoms with Crippen molar-refractivity contribution in [2.45, 2.75) is 45.4 Å². The van der Waals surface area contributed by atoms with Crippen molar-refractivity contribution in [1.82, 2.24) is 9.88 Å². The molecular formula is C15H22N2O3S. The van der Waals surface area contributed by atoms with E-state index in [0.717, 1.165) is 24.4 Å². The van der Waals surface area contributed by atoms with Crippen molar-refractivity contribution in [2.24, 2.45) is 5.92 Å². The second-order valence-electron chi connectivity index (χ2n) is 5.92. The van der Waals surface area contributed by atoms with Gasteiger partial charge in [0, 0.05) is 30.8 Å². The van der Waals surface area contributed by atoms with E-state index in [9.17, 15) is 9.59 Å². The van der Waals surface area contributed by atoms with Gasteiger partial charge in [0.05, 0.1) is 5.01 Å². The van der Waals surface area contributed by atoms with Crippen LogP contribution in [0.15, 0.2) is 5.38 Å². The number of hydrogen-bond donors (Lipinski definition) is 1. The summed E-state index contributed by atoms with van der Waals surface area (Å²) in [6, 6.07) is 0. The van der Waals surface area contributed by atoms with E-state index < -0.39 is 5.97 Å². The lowest BCUT2D eigenvalue weighted by atomic mass is 9.93. The first-order chi connectivity index (χ1) is 9.97. The van der Waals surface area contributed by atoms with Crippen LogP contribution in [0.4, 0.5) is 0 Å². The summed E-state index contributed by atoms with van der Waals surface area (Å²) in [6.07, 6.45) is 2.77. The van der Waals surface area contributed by atoms with Gasteiger partial charge in [-0.3, -0.25) is 9.59 Å². The number of piperidine rings is 1. The summed E-state index contributed by atoms with van der Waals surface area (Å²) in [5.41, 5.74) is 0.530. The molecule has 116 valence electrons. The number of carboxylic acids is 1. The van der Waals surface area contributed by atoms with Crippen LogP contribution in [0.2, 0.25) is 0 Å². The molecule has 0 radical (unpaired) electrons. The van der Waals surface area contributed by atoms with Gasteiger partial charge < -0.3 is 10.0 Å². The average Bonchev–Trinajstić information content (AvgIpc) is 2.94. The first kappa shape index (κ1) is 15.9. The topological polar surface area (TPSA) is 70.5 Å². The number of carbonyl (C=O) groups is 2. The molecule has 6 heteroatoms. The van der Waals surface area contributed by atoms with Crippen molar-refractivity contribution in [2.75, 3.05) is 13.1 Å². The number of hydrogen-bond acceptors (Lipinski definition) is 4. The van der Waals surface area contributed by atoms with Crippen LogP contribution in [0.25, 0.3) is 0 Å². The summed E-state index contributed by atoms with van der Waals surface area (Å²) < 4.78 is 0. The van der Waals surface area contributed by atoms with Gasteiger partial charge in [0.2, 0.25) is 0 Å². The zero-order chi connectivity index (χ0) is 15.4. The molecule has 2 rings (SSSR count). The van der Waals surface area contributed by atoms with Crippen molar-refractivity contribution < 1.29 is 14.7 Å². The number of rotatable bonds is 5. The number of likely N-dealkylation sites (tertiary alicyclic amines) is 1. The lowest BCUT2D eigenvalue weighted by Gasteiger charge is -2.32. The van der Waals surface area contributed by atoms with Crippen molar-refractivity contribution in [3.05, 3.63) is 16.1 Å². The van der Waals surface area contributed by atoms with Crippen LogP contribution in [-0.4, -0.2) is 40.0 Å². The molecule has 1 fully saturated rings. The van der Waals surface area contributed by atoms with E-state index in [1.165, 1.54) is 11.3 Å². The highest BCUT2D eigenvalue weighted by atomic mass is 32.1. The van der Waals surface area contributed by atoms with Gasteiger partial charge in [0.25, 0.3) is 5.91 Å². The van der Waals surface area contributed by atoms with Crippen LogP contribution in [0, 0.1) is 5.92 Å². The molecule has 0 aromatic carbocycles. The maximum absolute atomic E-state index is 12.5. The average molecular weight is 310 g/mol. The number of thiazole rings is 1. The van der Waals surface area contributed by atoms with E-state index in [1.807, 2.05) is 10.3 Å². The minimum Gasteiger partial charge on any atom is -0.481 e. The first-order valence-electron chi connectivity index (χ1n) is 7.44. The minimum absolute atomic E-state index is 0.0156. The van der Waals surface area contributed by atoms with Crippen molar-refractivity contribution >= 4 is 23.2 Å². The Hall–Kier alpha value is -1.43. The number of amides is 1. The molecule has 2 heterocycles. The van der Waals surface area contributed by atoms with Crippen LogP contribution in [0.3, 0.4) is 0 Å². The number of nitrogens with zero attached hydrogens (tertiary/aromatic N) is 2. The van der Waals surface area contributed by atoms with Crippen LogP contribution >= 0.6 is 11.3 Å². The van der Waals surface area contributed by atoms with Gasteiger partial charge in [-0.1, -0.05) is 13.8 Å². The third-order valence-electron chi connectivity index (χ3n) is 3.81.